The fraction of sp³-hybridized carbons (Fsp3) is 0.167. The molecule has 0 aliphatic carbocycles. The van der Waals surface area contributed by atoms with Gasteiger partial charge in [-0.05, 0) is 12.1 Å². The van der Waals surface area contributed by atoms with Gasteiger partial charge < -0.3 is 19.0 Å². The Morgan fingerprint density at radius 1 is 1.33 bits per heavy atom. The second kappa shape index (κ2) is 5.35. The Hall–Kier alpha value is -2.71. The second-order valence-electron chi connectivity index (χ2n) is 3.72. The number of para-hydroxylation sites is 1. The van der Waals surface area contributed by atoms with Crippen molar-refractivity contribution in [3.63, 3.8) is 0 Å². The van der Waals surface area contributed by atoms with Crippen LogP contribution in [0.3, 0.4) is 0 Å². The van der Waals surface area contributed by atoms with Gasteiger partial charge in [0.2, 0.25) is 11.6 Å². The van der Waals surface area contributed by atoms with Crippen LogP contribution in [0.25, 0.3) is 11.5 Å². The Morgan fingerprint density at radius 3 is 2.57 bits per heavy atom. The molecular formula is C12H8F3NO5. The fourth-order valence-corrected chi connectivity index (χ4v) is 1.57. The number of methoxy groups -OCH3 is 1. The highest BCUT2D eigenvalue weighted by Crippen LogP contribution is 2.40. The van der Waals surface area contributed by atoms with Crippen LogP contribution in [-0.4, -0.2) is 23.4 Å². The molecule has 0 spiro atoms. The molecule has 1 N–H and O–H groups in total. The highest BCUT2D eigenvalue weighted by Gasteiger charge is 2.41. The molecule has 0 aliphatic rings. The second-order valence-corrected chi connectivity index (χ2v) is 3.72. The van der Waals surface area contributed by atoms with Gasteiger partial charge in [-0.3, -0.25) is 0 Å². The summed E-state index contributed by atoms with van der Waals surface area (Å²) in [7, 11) is 1.32. The molecule has 0 saturated heterocycles. The molecule has 21 heavy (non-hydrogen) atoms. The van der Waals surface area contributed by atoms with Gasteiger partial charge in [0.05, 0.1) is 12.7 Å². The van der Waals surface area contributed by atoms with Crippen molar-refractivity contribution < 1.29 is 37.0 Å². The summed E-state index contributed by atoms with van der Waals surface area (Å²) in [6.07, 6.45) is -6.86. The molecule has 0 amide bonds. The third kappa shape index (κ3) is 3.07. The molecule has 1 heterocycles. The van der Waals surface area contributed by atoms with Crippen molar-refractivity contribution in [3.05, 3.63) is 30.0 Å². The average Bonchev–Trinajstić information content (AvgIpc) is 2.81. The molecule has 2 aromatic rings. The Bertz CT molecular complexity index is 665. The lowest BCUT2D eigenvalue weighted by molar-refractivity contribution is -0.142. The van der Waals surface area contributed by atoms with Crippen molar-refractivity contribution in [1.82, 2.24) is 4.98 Å². The molecule has 0 bridgehead atoms. The summed E-state index contributed by atoms with van der Waals surface area (Å²) in [5.41, 5.74) is -1.43. The van der Waals surface area contributed by atoms with Gasteiger partial charge in [0.15, 0.2) is 0 Å². The van der Waals surface area contributed by atoms with Crippen molar-refractivity contribution >= 4 is 6.16 Å². The molecule has 9 heteroatoms. The van der Waals surface area contributed by atoms with Gasteiger partial charge >= 0.3 is 18.3 Å². The summed E-state index contributed by atoms with van der Waals surface area (Å²) >= 11 is 0. The lowest BCUT2D eigenvalue weighted by Crippen LogP contribution is -2.11. The summed E-state index contributed by atoms with van der Waals surface area (Å²) in [5, 5.41) is 8.44. The first-order chi connectivity index (χ1) is 9.82. The number of nitrogens with zero attached hydrogens (tertiary/aromatic N) is 1. The predicted octanol–water partition coefficient (Wildman–Crippen LogP) is 3.43. The first-order valence-electron chi connectivity index (χ1n) is 5.45. The largest absolute Gasteiger partial charge is 0.513 e. The number of halogens is 3. The van der Waals surface area contributed by atoms with Crippen LogP contribution in [0, 0.1) is 0 Å². The number of benzene rings is 1. The Balaban J connectivity index is 2.56. The maximum absolute atomic E-state index is 12.8. The van der Waals surface area contributed by atoms with E-state index in [2.05, 4.69) is 9.72 Å². The molecule has 1 aromatic heterocycles. The van der Waals surface area contributed by atoms with Crippen LogP contribution in [0.1, 0.15) is 5.69 Å². The first kappa shape index (κ1) is 14.7. The molecule has 1 aromatic carbocycles. The zero-order valence-corrected chi connectivity index (χ0v) is 10.5. The van der Waals surface area contributed by atoms with Gasteiger partial charge in [0.25, 0.3) is 0 Å². The molecule has 0 radical (unpaired) electrons. The summed E-state index contributed by atoms with van der Waals surface area (Å²) < 4.78 is 52.1. The van der Waals surface area contributed by atoms with Crippen LogP contribution in [0.5, 0.6) is 11.7 Å². The average molecular weight is 303 g/mol. The molecule has 0 atom stereocenters. The third-order valence-corrected chi connectivity index (χ3v) is 2.38. The van der Waals surface area contributed by atoms with Crippen molar-refractivity contribution in [2.24, 2.45) is 0 Å². The van der Waals surface area contributed by atoms with Gasteiger partial charge in [-0.1, -0.05) is 12.1 Å². The van der Waals surface area contributed by atoms with Crippen LogP contribution in [0.2, 0.25) is 0 Å². The smallest absolute Gasteiger partial charge is 0.496 e. The van der Waals surface area contributed by atoms with E-state index >= 15 is 0 Å². The quantitative estimate of drug-likeness (QED) is 0.875. The van der Waals surface area contributed by atoms with Gasteiger partial charge in [-0.15, -0.1) is 0 Å². The molecule has 0 aliphatic heterocycles. The van der Waals surface area contributed by atoms with Crippen molar-refractivity contribution in [2.75, 3.05) is 7.11 Å². The molecule has 112 valence electrons. The maximum Gasteiger partial charge on any atom is 0.513 e. The zero-order valence-electron chi connectivity index (χ0n) is 10.5. The van der Waals surface area contributed by atoms with Gasteiger partial charge in [-0.25, -0.2) is 9.78 Å². The van der Waals surface area contributed by atoms with E-state index in [1.54, 1.807) is 6.07 Å². The number of oxazole rings is 1. The van der Waals surface area contributed by atoms with E-state index in [-0.39, 0.29) is 11.3 Å². The van der Waals surface area contributed by atoms with Crippen molar-refractivity contribution in [2.45, 2.75) is 6.18 Å². The summed E-state index contributed by atoms with van der Waals surface area (Å²) in [5.74, 6) is -1.48. The Labute approximate surface area is 115 Å². The lowest BCUT2D eigenvalue weighted by atomic mass is 10.2. The van der Waals surface area contributed by atoms with E-state index < -0.39 is 29.9 Å². The van der Waals surface area contributed by atoms with E-state index in [0.717, 1.165) is 0 Å². The maximum atomic E-state index is 12.8. The minimum absolute atomic E-state index is 0.130. The van der Waals surface area contributed by atoms with Crippen LogP contribution < -0.4 is 9.47 Å². The van der Waals surface area contributed by atoms with E-state index in [0.29, 0.717) is 0 Å². The molecule has 0 unspecified atom stereocenters. The number of hydrogen-bond donors (Lipinski definition) is 1. The zero-order chi connectivity index (χ0) is 15.6. The lowest BCUT2D eigenvalue weighted by Gasteiger charge is -2.03. The summed E-state index contributed by atoms with van der Waals surface area (Å²) in [4.78, 5) is 13.7. The normalized spacial score (nSPS) is 11.2. The van der Waals surface area contributed by atoms with E-state index in [9.17, 15) is 18.0 Å². The van der Waals surface area contributed by atoms with E-state index in [1.807, 2.05) is 0 Å². The highest BCUT2D eigenvalue weighted by atomic mass is 19.4. The van der Waals surface area contributed by atoms with Crippen molar-refractivity contribution in [3.8, 4) is 23.1 Å². The van der Waals surface area contributed by atoms with Gasteiger partial charge in [-0.2, -0.15) is 13.2 Å². The number of aromatic nitrogens is 1. The topological polar surface area (TPSA) is 81.8 Å². The van der Waals surface area contributed by atoms with Gasteiger partial charge in [0, 0.05) is 0 Å². The number of carboxylic acid groups (broad SMARTS) is 1. The minimum atomic E-state index is -4.92. The Kier molecular flexibility index (Phi) is 3.74. The summed E-state index contributed by atoms with van der Waals surface area (Å²) in [6, 6.07) is 6.04. The molecule has 2 rings (SSSR count). The minimum Gasteiger partial charge on any atom is -0.496 e. The van der Waals surface area contributed by atoms with Crippen LogP contribution in [0.15, 0.2) is 28.7 Å². The summed E-state index contributed by atoms with van der Waals surface area (Å²) in [6.45, 7) is 0. The van der Waals surface area contributed by atoms with Crippen molar-refractivity contribution in [1.29, 1.82) is 0 Å². The van der Waals surface area contributed by atoms with E-state index in [4.69, 9.17) is 14.3 Å². The number of carbonyl (C=O) groups is 1. The number of ether oxygens (including phenoxy) is 2. The fourth-order valence-electron chi connectivity index (χ4n) is 1.57. The number of alkyl halides is 3. The number of hydrogen-bond acceptors (Lipinski definition) is 5. The highest BCUT2D eigenvalue weighted by molar-refractivity contribution is 5.65. The Morgan fingerprint density at radius 2 is 2.00 bits per heavy atom. The molecule has 6 nitrogen and oxygen atoms in total. The van der Waals surface area contributed by atoms with Crippen LogP contribution in [0.4, 0.5) is 18.0 Å². The van der Waals surface area contributed by atoms with Crippen LogP contribution in [-0.2, 0) is 6.18 Å². The first-order valence-corrected chi connectivity index (χ1v) is 5.45. The van der Waals surface area contributed by atoms with Gasteiger partial charge in [0.1, 0.15) is 5.75 Å². The molecule has 0 saturated carbocycles. The predicted molar refractivity (Wildman–Crippen MR) is 62.1 cm³/mol. The third-order valence-electron chi connectivity index (χ3n) is 2.38. The monoisotopic (exact) mass is 303 g/mol. The number of rotatable bonds is 3. The molecule has 0 fully saturated rings. The SMILES string of the molecule is COc1ccccc1-c1nc(C(F)(F)F)c(OC(=O)O)o1. The standard InChI is InChI=1S/C12H8F3NO5/c1-19-7-5-3-2-4-6(7)9-16-8(12(13,14)15)10(20-9)21-11(17)18/h2-5H,1H3,(H,17,18). The van der Waals surface area contributed by atoms with Crippen LogP contribution >= 0.6 is 0 Å². The molecular weight excluding hydrogens is 295 g/mol. The van der Waals surface area contributed by atoms with E-state index in [1.165, 1.54) is 25.3 Å².